The normalized spacial score (nSPS) is 21.7. The number of nitrogens with zero attached hydrogens (tertiary/aromatic N) is 5. The van der Waals surface area contributed by atoms with Crippen molar-refractivity contribution in [2.45, 2.75) is 110 Å². The molecule has 0 unspecified atom stereocenters. The molecule has 3 aromatic rings. The van der Waals surface area contributed by atoms with Crippen LogP contribution >= 0.6 is 0 Å². The van der Waals surface area contributed by atoms with Crippen molar-refractivity contribution < 1.29 is 24.0 Å². The van der Waals surface area contributed by atoms with Crippen LogP contribution in [0.15, 0.2) is 54.9 Å². The zero-order valence-corrected chi connectivity index (χ0v) is 31.8. The quantitative estimate of drug-likeness (QED) is 0.213. The Morgan fingerprint density at radius 3 is 2.23 bits per heavy atom. The molecule has 1 aromatic carbocycles. The number of nitro groups is 1. The summed E-state index contributed by atoms with van der Waals surface area (Å²) in [6, 6.07) is 15.1. The van der Waals surface area contributed by atoms with Crippen molar-refractivity contribution in [3.63, 3.8) is 0 Å². The molecule has 4 aliphatic rings. The van der Waals surface area contributed by atoms with Gasteiger partial charge in [0.15, 0.2) is 0 Å². The van der Waals surface area contributed by atoms with Crippen molar-refractivity contribution in [3.05, 3.63) is 87.5 Å². The van der Waals surface area contributed by atoms with E-state index in [2.05, 4.69) is 59.4 Å². The van der Waals surface area contributed by atoms with Gasteiger partial charge in [0, 0.05) is 92.6 Å². The van der Waals surface area contributed by atoms with Crippen molar-refractivity contribution in [1.82, 2.24) is 25.1 Å². The maximum absolute atomic E-state index is 14.0. The highest BCUT2D eigenvalue weighted by atomic mass is 16.6. The van der Waals surface area contributed by atoms with Gasteiger partial charge in [-0.15, -0.1) is 0 Å². The summed E-state index contributed by atoms with van der Waals surface area (Å²) in [5.41, 5.74) is 5.27. The molecule has 53 heavy (non-hydrogen) atoms. The number of nitrogens with one attached hydrogen (secondary N) is 1. The first-order chi connectivity index (χ1) is 25.3. The Hall–Kier alpha value is -4.42. The van der Waals surface area contributed by atoms with Gasteiger partial charge in [-0.2, -0.15) is 0 Å². The molecule has 3 aliphatic heterocycles. The summed E-state index contributed by atoms with van der Waals surface area (Å²) in [6.45, 7) is 13.8. The van der Waals surface area contributed by atoms with Crippen molar-refractivity contribution in [1.29, 1.82) is 0 Å². The third-order valence-electron chi connectivity index (χ3n) is 11.1. The standard InChI is InChI=1S/C28H37N3O2.C13H17N3O4/c1-20(2)28(12-8-25(17-28)30-24-10-14-33-15-11-24)27(32)31-13-9-26-23(19-31)16-22(18-29-26)21-6-4-3-5-7-21;1-13(2,3)20-12(17)15-5-4-11-9(8-15)6-10(7-14-11)16(18)19/h3-7,16,18,20,24-25,30H,8-15,17,19H2,1-2H3;6-7H,4-5,8H2,1-3H3/t25-,28+;/m1./s1. The van der Waals surface area contributed by atoms with Crippen LogP contribution in [-0.2, 0) is 40.2 Å². The van der Waals surface area contributed by atoms with Crippen LogP contribution in [0.3, 0.4) is 0 Å². The molecule has 12 heteroatoms. The lowest BCUT2D eigenvalue weighted by molar-refractivity contribution is -0.385. The predicted octanol–water partition coefficient (Wildman–Crippen LogP) is 6.88. The molecule has 0 bridgehead atoms. The lowest BCUT2D eigenvalue weighted by Gasteiger charge is -2.39. The fourth-order valence-electron chi connectivity index (χ4n) is 8.08. The van der Waals surface area contributed by atoms with E-state index in [0.29, 0.717) is 55.5 Å². The minimum Gasteiger partial charge on any atom is -0.444 e. The zero-order valence-electron chi connectivity index (χ0n) is 31.8. The maximum Gasteiger partial charge on any atom is 0.410 e. The Labute approximate surface area is 312 Å². The molecule has 1 N–H and O–H groups in total. The Morgan fingerprint density at radius 2 is 1.57 bits per heavy atom. The highest BCUT2D eigenvalue weighted by Gasteiger charge is 2.49. The van der Waals surface area contributed by atoms with Crippen LogP contribution in [0.4, 0.5) is 10.5 Å². The molecule has 2 amide bonds. The van der Waals surface area contributed by atoms with Gasteiger partial charge in [-0.25, -0.2) is 4.79 Å². The second-order valence-corrected chi connectivity index (χ2v) is 16.2. The van der Waals surface area contributed by atoms with E-state index < -0.39 is 16.6 Å². The minimum absolute atomic E-state index is 0.0604. The number of hydrogen-bond acceptors (Lipinski definition) is 9. The number of carbonyl (C=O) groups is 2. The summed E-state index contributed by atoms with van der Waals surface area (Å²) < 4.78 is 10.8. The van der Waals surface area contributed by atoms with Crippen LogP contribution in [0.2, 0.25) is 0 Å². The minimum atomic E-state index is -0.557. The van der Waals surface area contributed by atoms with Crippen molar-refractivity contribution in [2.75, 3.05) is 26.3 Å². The Bertz CT molecular complexity index is 1770. The van der Waals surface area contributed by atoms with Gasteiger partial charge >= 0.3 is 6.09 Å². The SMILES string of the molecule is CC(C)(C)OC(=O)N1CCc2ncc([N+](=O)[O-])cc2C1.CC(C)[C@]1(C(=O)N2CCc3ncc(-c4ccccc4)cc3C2)CC[C@@H](NC2CCOCC2)C1. The van der Waals surface area contributed by atoms with E-state index in [9.17, 15) is 19.7 Å². The molecule has 12 nitrogen and oxygen atoms in total. The van der Waals surface area contributed by atoms with Gasteiger partial charge in [-0.05, 0) is 76.0 Å². The molecule has 7 rings (SSSR count). The van der Waals surface area contributed by atoms with Crippen molar-refractivity contribution >= 4 is 17.7 Å². The third kappa shape index (κ3) is 9.21. The Morgan fingerprint density at radius 1 is 0.925 bits per heavy atom. The number of hydrogen-bond donors (Lipinski definition) is 1. The van der Waals surface area contributed by atoms with Crippen LogP contribution in [0, 0.1) is 21.4 Å². The summed E-state index contributed by atoms with van der Waals surface area (Å²) in [5.74, 6) is 0.686. The van der Waals surface area contributed by atoms with Gasteiger partial charge in [0.2, 0.25) is 5.91 Å². The van der Waals surface area contributed by atoms with E-state index in [1.165, 1.54) is 23.4 Å². The van der Waals surface area contributed by atoms with Gasteiger partial charge in [-0.3, -0.25) is 24.9 Å². The van der Waals surface area contributed by atoms with Crippen LogP contribution in [0.1, 0.15) is 89.2 Å². The molecule has 0 radical (unpaired) electrons. The molecule has 1 saturated heterocycles. The average molecular weight is 727 g/mol. The monoisotopic (exact) mass is 726 g/mol. The Kier molecular flexibility index (Phi) is 11.8. The average Bonchev–Trinajstić information content (AvgIpc) is 3.59. The molecule has 284 valence electrons. The Balaban J connectivity index is 0.000000206. The van der Waals surface area contributed by atoms with E-state index in [4.69, 9.17) is 14.5 Å². The first kappa shape index (κ1) is 38.3. The van der Waals surface area contributed by atoms with Gasteiger partial charge < -0.3 is 24.6 Å². The van der Waals surface area contributed by atoms with Crippen LogP contribution in [0.5, 0.6) is 0 Å². The summed E-state index contributed by atoms with van der Waals surface area (Å²) in [5, 5.41) is 14.6. The van der Waals surface area contributed by atoms with Crippen LogP contribution < -0.4 is 5.32 Å². The van der Waals surface area contributed by atoms with Crippen LogP contribution in [0.25, 0.3) is 11.1 Å². The molecule has 5 heterocycles. The van der Waals surface area contributed by atoms with E-state index in [-0.39, 0.29) is 11.1 Å². The fourth-order valence-corrected chi connectivity index (χ4v) is 8.08. The topological polar surface area (TPSA) is 140 Å². The molecule has 2 aromatic heterocycles. The smallest absolute Gasteiger partial charge is 0.410 e. The molecular weight excluding hydrogens is 672 g/mol. The highest BCUT2D eigenvalue weighted by molar-refractivity contribution is 5.84. The summed E-state index contributed by atoms with van der Waals surface area (Å²) >= 11 is 0. The summed E-state index contributed by atoms with van der Waals surface area (Å²) in [7, 11) is 0. The first-order valence-corrected chi connectivity index (χ1v) is 19.1. The largest absolute Gasteiger partial charge is 0.444 e. The van der Waals surface area contributed by atoms with E-state index in [1.54, 1.807) is 25.7 Å². The van der Waals surface area contributed by atoms with E-state index in [1.807, 2.05) is 12.3 Å². The zero-order chi connectivity index (χ0) is 37.8. The van der Waals surface area contributed by atoms with Gasteiger partial charge in [0.1, 0.15) is 11.8 Å². The van der Waals surface area contributed by atoms with Gasteiger partial charge in [0.25, 0.3) is 5.69 Å². The van der Waals surface area contributed by atoms with Gasteiger partial charge in [0.05, 0.1) is 16.9 Å². The van der Waals surface area contributed by atoms with Crippen LogP contribution in [-0.4, -0.2) is 80.7 Å². The number of ether oxygens (including phenoxy) is 2. The molecule has 1 aliphatic carbocycles. The van der Waals surface area contributed by atoms with E-state index in [0.717, 1.165) is 75.2 Å². The number of carbonyl (C=O) groups excluding carboxylic acids is 2. The lowest BCUT2D eigenvalue weighted by atomic mass is 9.74. The number of rotatable bonds is 6. The molecule has 2 fully saturated rings. The number of benzene rings is 1. The number of pyridine rings is 2. The van der Waals surface area contributed by atoms with E-state index >= 15 is 0 Å². The molecule has 0 spiro atoms. The fraction of sp³-hybridized carbons (Fsp3) is 0.561. The third-order valence-corrected chi connectivity index (χ3v) is 11.1. The summed E-state index contributed by atoms with van der Waals surface area (Å²) in [6.07, 6.45) is 9.42. The second kappa shape index (κ2) is 16.3. The van der Waals surface area contributed by atoms with Crippen molar-refractivity contribution in [2.24, 2.45) is 11.3 Å². The molecular formula is C41H54N6O6. The summed E-state index contributed by atoms with van der Waals surface area (Å²) in [4.78, 5) is 48.8. The first-order valence-electron chi connectivity index (χ1n) is 19.1. The number of aromatic nitrogens is 2. The maximum atomic E-state index is 14.0. The number of fused-ring (bicyclic) bond motifs is 2. The molecule has 2 atom stereocenters. The van der Waals surface area contributed by atoms with Gasteiger partial charge in [-0.1, -0.05) is 44.2 Å². The predicted molar refractivity (Wildman–Crippen MR) is 202 cm³/mol. The van der Waals surface area contributed by atoms with Crippen molar-refractivity contribution in [3.8, 4) is 11.1 Å². The lowest BCUT2D eigenvalue weighted by Crippen LogP contribution is -2.49. The highest BCUT2D eigenvalue weighted by Crippen LogP contribution is 2.47. The number of amides is 2. The molecule has 1 saturated carbocycles. The second-order valence-electron chi connectivity index (χ2n) is 16.2.